The summed E-state index contributed by atoms with van der Waals surface area (Å²) in [7, 11) is 3.19. The molecule has 2 heterocycles. The standard InChI is InChI=1S/C24H24ClN3O4/c1-15-26-14-18(27-15)24-28-22(16-9-11-17(25)12-10-16)19(32-24)8-5-13-31-21-7-4-6-20(29-2)23(21)30-3/h4,6-7,9-12,14H,5,8,13H2,1-3H3,(H,26,27). The van der Waals surface area contributed by atoms with Gasteiger partial charge in [0.1, 0.15) is 23.0 Å². The van der Waals surface area contributed by atoms with Crippen molar-refractivity contribution < 1.29 is 18.6 Å². The predicted molar refractivity (Wildman–Crippen MR) is 123 cm³/mol. The van der Waals surface area contributed by atoms with E-state index in [0.29, 0.717) is 46.9 Å². The van der Waals surface area contributed by atoms with Crippen molar-refractivity contribution in [2.24, 2.45) is 0 Å². The first kappa shape index (κ1) is 21.8. The van der Waals surface area contributed by atoms with E-state index in [2.05, 4.69) is 9.97 Å². The lowest BCUT2D eigenvalue weighted by Crippen LogP contribution is -2.02. The zero-order valence-corrected chi connectivity index (χ0v) is 18.9. The molecular formula is C24H24ClN3O4. The van der Waals surface area contributed by atoms with Gasteiger partial charge in [-0.1, -0.05) is 29.8 Å². The number of imidazole rings is 1. The molecule has 0 radical (unpaired) electrons. The second-order valence-corrected chi connectivity index (χ2v) is 7.55. The number of oxazole rings is 1. The maximum Gasteiger partial charge on any atom is 0.247 e. The molecule has 7 nitrogen and oxygen atoms in total. The normalized spacial score (nSPS) is 10.9. The molecule has 166 valence electrons. The highest BCUT2D eigenvalue weighted by atomic mass is 35.5. The van der Waals surface area contributed by atoms with Gasteiger partial charge in [-0.15, -0.1) is 0 Å². The summed E-state index contributed by atoms with van der Waals surface area (Å²) in [5, 5.41) is 0.669. The predicted octanol–water partition coefficient (Wildman–Crippen LogP) is 5.72. The van der Waals surface area contributed by atoms with Crippen LogP contribution in [0.5, 0.6) is 17.2 Å². The fourth-order valence-electron chi connectivity index (χ4n) is 3.38. The summed E-state index contributed by atoms with van der Waals surface area (Å²) in [5.41, 5.74) is 2.37. The van der Waals surface area contributed by atoms with Crippen LogP contribution in [0.25, 0.3) is 22.8 Å². The molecular weight excluding hydrogens is 430 g/mol. The van der Waals surface area contributed by atoms with Gasteiger partial charge >= 0.3 is 0 Å². The molecule has 0 saturated carbocycles. The van der Waals surface area contributed by atoms with Gasteiger partial charge in [0, 0.05) is 23.2 Å². The topological polar surface area (TPSA) is 82.4 Å². The lowest BCUT2D eigenvalue weighted by Gasteiger charge is -2.13. The smallest absolute Gasteiger partial charge is 0.247 e. The van der Waals surface area contributed by atoms with E-state index >= 15 is 0 Å². The van der Waals surface area contributed by atoms with E-state index in [9.17, 15) is 0 Å². The number of aromatic nitrogens is 3. The summed E-state index contributed by atoms with van der Waals surface area (Å²) in [5.74, 6) is 3.88. The lowest BCUT2D eigenvalue weighted by atomic mass is 10.1. The van der Waals surface area contributed by atoms with E-state index < -0.39 is 0 Å². The molecule has 0 atom stereocenters. The van der Waals surface area contributed by atoms with Crippen molar-refractivity contribution >= 4 is 11.6 Å². The molecule has 2 aromatic carbocycles. The largest absolute Gasteiger partial charge is 0.493 e. The number of hydrogen-bond donors (Lipinski definition) is 1. The number of para-hydroxylation sites is 1. The summed E-state index contributed by atoms with van der Waals surface area (Å²) in [6.45, 7) is 2.36. The first-order valence-corrected chi connectivity index (χ1v) is 10.6. The van der Waals surface area contributed by atoms with Crippen molar-refractivity contribution in [3.63, 3.8) is 0 Å². The van der Waals surface area contributed by atoms with Crippen LogP contribution in [-0.2, 0) is 6.42 Å². The van der Waals surface area contributed by atoms with Crippen molar-refractivity contribution in [3.05, 3.63) is 65.3 Å². The Hall–Kier alpha value is -3.45. The maximum atomic E-state index is 6.11. The Kier molecular flexibility index (Phi) is 6.66. The summed E-state index contributed by atoms with van der Waals surface area (Å²) in [6.07, 6.45) is 3.14. The Bertz CT molecular complexity index is 1180. The van der Waals surface area contributed by atoms with E-state index in [1.54, 1.807) is 20.4 Å². The van der Waals surface area contributed by atoms with Gasteiger partial charge in [-0.25, -0.2) is 9.97 Å². The monoisotopic (exact) mass is 453 g/mol. The van der Waals surface area contributed by atoms with Crippen molar-refractivity contribution in [2.75, 3.05) is 20.8 Å². The average molecular weight is 454 g/mol. The van der Waals surface area contributed by atoms with Gasteiger partial charge in [0.2, 0.25) is 11.6 Å². The third kappa shape index (κ3) is 4.73. The van der Waals surface area contributed by atoms with Gasteiger partial charge < -0.3 is 23.6 Å². The number of aryl methyl sites for hydroxylation is 2. The first-order valence-electron chi connectivity index (χ1n) is 10.2. The van der Waals surface area contributed by atoms with Gasteiger partial charge in [-0.3, -0.25) is 0 Å². The summed E-state index contributed by atoms with van der Waals surface area (Å²) >= 11 is 6.06. The molecule has 0 aliphatic rings. The number of rotatable bonds is 9. The van der Waals surface area contributed by atoms with Crippen molar-refractivity contribution in [1.29, 1.82) is 0 Å². The highest BCUT2D eigenvalue weighted by Gasteiger charge is 2.18. The maximum absolute atomic E-state index is 6.11. The number of nitrogens with zero attached hydrogens (tertiary/aromatic N) is 2. The summed E-state index contributed by atoms with van der Waals surface area (Å²) < 4.78 is 22.8. The van der Waals surface area contributed by atoms with E-state index in [-0.39, 0.29) is 0 Å². The molecule has 2 aromatic heterocycles. The number of benzene rings is 2. The lowest BCUT2D eigenvalue weighted by molar-refractivity contribution is 0.277. The van der Waals surface area contributed by atoms with E-state index in [4.69, 9.17) is 35.2 Å². The molecule has 1 N–H and O–H groups in total. The number of nitrogens with one attached hydrogen (secondary N) is 1. The SMILES string of the molecule is COc1cccc(OCCCc2oc(-c3c[nH]c(C)n3)nc2-c2ccc(Cl)cc2)c1OC. The third-order valence-corrected chi connectivity index (χ3v) is 5.16. The Morgan fingerprint density at radius 2 is 1.78 bits per heavy atom. The van der Waals surface area contributed by atoms with Crippen LogP contribution >= 0.6 is 11.6 Å². The summed E-state index contributed by atoms with van der Waals surface area (Å²) in [4.78, 5) is 12.2. The van der Waals surface area contributed by atoms with Crippen LogP contribution in [0.4, 0.5) is 0 Å². The first-order chi connectivity index (χ1) is 15.6. The number of halogens is 1. The van der Waals surface area contributed by atoms with E-state index in [1.165, 1.54) is 0 Å². The van der Waals surface area contributed by atoms with Crippen molar-refractivity contribution in [3.8, 4) is 40.1 Å². The molecule has 32 heavy (non-hydrogen) atoms. The Balaban J connectivity index is 1.51. The minimum Gasteiger partial charge on any atom is -0.493 e. The number of methoxy groups -OCH3 is 2. The molecule has 4 aromatic rings. The van der Waals surface area contributed by atoms with Crippen LogP contribution in [0.3, 0.4) is 0 Å². The Labute approximate surface area is 191 Å². The van der Waals surface area contributed by atoms with Crippen LogP contribution in [0.2, 0.25) is 5.02 Å². The molecule has 4 rings (SSSR count). The van der Waals surface area contributed by atoms with E-state index in [0.717, 1.165) is 29.3 Å². The quantitative estimate of drug-likeness (QED) is 0.326. The summed E-state index contributed by atoms with van der Waals surface area (Å²) in [6, 6.07) is 13.1. The average Bonchev–Trinajstić information content (AvgIpc) is 3.43. The van der Waals surface area contributed by atoms with E-state index in [1.807, 2.05) is 49.4 Å². The number of hydrogen-bond acceptors (Lipinski definition) is 6. The third-order valence-electron chi connectivity index (χ3n) is 4.91. The fourth-order valence-corrected chi connectivity index (χ4v) is 3.50. The molecule has 0 saturated heterocycles. The minimum absolute atomic E-state index is 0.473. The second-order valence-electron chi connectivity index (χ2n) is 7.11. The minimum atomic E-state index is 0.473. The second kappa shape index (κ2) is 9.78. The van der Waals surface area contributed by atoms with Crippen molar-refractivity contribution in [1.82, 2.24) is 15.0 Å². The molecule has 0 aliphatic heterocycles. The Morgan fingerprint density at radius 1 is 1.00 bits per heavy atom. The molecule has 8 heteroatoms. The van der Waals surface area contributed by atoms with Gasteiger partial charge in [0.05, 0.1) is 20.8 Å². The number of H-pyrrole nitrogens is 1. The van der Waals surface area contributed by atoms with Crippen LogP contribution in [0, 0.1) is 6.92 Å². The Morgan fingerprint density at radius 3 is 2.47 bits per heavy atom. The van der Waals surface area contributed by atoms with Crippen molar-refractivity contribution in [2.45, 2.75) is 19.8 Å². The van der Waals surface area contributed by atoms with Gasteiger partial charge in [-0.2, -0.15) is 0 Å². The zero-order valence-electron chi connectivity index (χ0n) is 18.1. The molecule has 0 amide bonds. The van der Waals surface area contributed by atoms with Crippen LogP contribution in [-0.4, -0.2) is 35.8 Å². The molecule has 0 fully saturated rings. The van der Waals surface area contributed by atoms with Gasteiger partial charge in [0.15, 0.2) is 11.5 Å². The van der Waals surface area contributed by atoms with Crippen LogP contribution in [0.15, 0.2) is 53.1 Å². The molecule has 0 aliphatic carbocycles. The molecule has 0 unspecified atom stereocenters. The molecule has 0 bridgehead atoms. The van der Waals surface area contributed by atoms with Crippen LogP contribution < -0.4 is 14.2 Å². The number of ether oxygens (including phenoxy) is 3. The highest BCUT2D eigenvalue weighted by molar-refractivity contribution is 6.30. The number of aromatic amines is 1. The zero-order chi connectivity index (χ0) is 22.5. The van der Waals surface area contributed by atoms with Gasteiger partial charge in [-0.05, 0) is 37.6 Å². The highest BCUT2D eigenvalue weighted by Crippen LogP contribution is 2.37. The molecule has 0 spiro atoms. The van der Waals surface area contributed by atoms with Crippen LogP contribution in [0.1, 0.15) is 18.0 Å². The fraction of sp³-hybridized carbons (Fsp3) is 0.250. The van der Waals surface area contributed by atoms with Gasteiger partial charge in [0.25, 0.3) is 0 Å².